The van der Waals surface area contributed by atoms with Gasteiger partial charge in [0, 0.05) is 18.8 Å². The lowest BCUT2D eigenvalue weighted by molar-refractivity contribution is -0.137. The van der Waals surface area contributed by atoms with Crippen molar-refractivity contribution in [2.75, 3.05) is 13.2 Å². The van der Waals surface area contributed by atoms with Crippen molar-refractivity contribution in [3.05, 3.63) is 64.7 Å². The molecule has 0 bridgehead atoms. The number of nitrogens with zero attached hydrogens (tertiary/aromatic N) is 1. The van der Waals surface area contributed by atoms with Gasteiger partial charge in [-0.3, -0.25) is 4.79 Å². The van der Waals surface area contributed by atoms with Gasteiger partial charge in [-0.2, -0.15) is 13.2 Å². The average molecular weight is 455 g/mol. The highest BCUT2D eigenvalue weighted by Crippen LogP contribution is 2.44. The van der Waals surface area contributed by atoms with Crippen LogP contribution in [0.4, 0.5) is 13.2 Å². The summed E-state index contributed by atoms with van der Waals surface area (Å²) in [6.07, 6.45) is -2.47. The molecule has 1 atom stereocenters. The first-order valence-electron chi connectivity index (χ1n) is 10.0. The van der Waals surface area contributed by atoms with E-state index in [1.165, 1.54) is 0 Å². The number of alkyl halides is 3. The number of sulfonamides is 1. The molecule has 1 heterocycles. The Morgan fingerprint density at radius 3 is 2.39 bits per heavy atom. The van der Waals surface area contributed by atoms with Crippen LogP contribution in [0, 0.1) is 6.92 Å². The molecule has 0 saturated heterocycles. The Kier molecular flexibility index (Phi) is 6.76. The fourth-order valence-electron chi connectivity index (χ4n) is 3.68. The van der Waals surface area contributed by atoms with E-state index in [0.29, 0.717) is 17.7 Å². The number of hydrogen-bond acceptors (Lipinski definition) is 4. The van der Waals surface area contributed by atoms with Crippen LogP contribution < -0.4 is 0 Å². The molecule has 1 aliphatic heterocycles. The molecule has 0 spiro atoms. The quantitative estimate of drug-likeness (QED) is 0.545. The number of hydrogen-bond donors (Lipinski definition) is 0. The Morgan fingerprint density at radius 1 is 1.10 bits per heavy atom. The van der Waals surface area contributed by atoms with Gasteiger partial charge >= 0.3 is 6.18 Å². The minimum Gasteiger partial charge on any atom is -0.381 e. The molecule has 9 heteroatoms. The summed E-state index contributed by atoms with van der Waals surface area (Å²) < 4.78 is 71.5. The van der Waals surface area contributed by atoms with E-state index in [2.05, 4.69) is 0 Å². The number of benzene rings is 2. The minimum atomic E-state index is -4.55. The Hall–Kier alpha value is -2.39. The van der Waals surface area contributed by atoms with Gasteiger partial charge in [0.15, 0.2) is 0 Å². The van der Waals surface area contributed by atoms with Gasteiger partial charge in [-0.25, -0.2) is 12.7 Å². The number of halogens is 3. The van der Waals surface area contributed by atoms with Crippen LogP contribution in [-0.4, -0.2) is 31.8 Å². The molecule has 0 aliphatic carbocycles. The summed E-state index contributed by atoms with van der Waals surface area (Å²) in [6, 6.07) is 7.82. The van der Waals surface area contributed by atoms with Crippen LogP contribution in [0.1, 0.15) is 59.3 Å². The second-order valence-electron chi connectivity index (χ2n) is 7.44. The van der Waals surface area contributed by atoms with Crippen LogP contribution in [0.2, 0.25) is 0 Å². The van der Waals surface area contributed by atoms with Gasteiger partial charge in [0.1, 0.15) is 0 Å². The van der Waals surface area contributed by atoms with Gasteiger partial charge in [0.2, 0.25) is 0 Å². The molecule has 31 heavy (non-hydrogen) atoms. The molecule has 0 aromatic heterocycles. The Morgan fingerprint density at radius 2 is 1.77 bits per heavy atom. The van der Waals surface area contributed by atoms with E-state index >= 15 is 0 Å². The Labute approximate surface area is 179 Å². The summed E-state index contributed by atoms with van der Waals surface area (Å²) in [5, 5.41) is 0. The standard InChI is InChI=1S/C22H24F3NO4S/c1-3-4-13-30-14-12-19-18-7-5-6-15(2)20(18)31(28,29)26(19)21(27)16-8-10-17(11-9-16)22(23,24)25/h5-11,19H,3-4,12-14H2,1-2H3. The summed E-state index contributed by atoms with van der Waals surface area (Å²) in [6.45, 7) is 4.46. The number of unbranched alkanes of at least 4 members (excludes halogenated alkanes) is 1. The zero-order valence-corrected chi connectivity index (χ0v) is 18.1. The monoisotopic (exact) mass is 455 g/mol. The third kappa shape index (κ3) is 4.62. The zero-order valence-electron chi connectivity index (χ0n) is 17.3. The van der Waals surface area contributed by atoms with E-state index in [9.17, 15) is 26.4 Å². The number of ether oxygens (including phenoxy) is 1. The average Bonchev–Trinajstić information content (AvgIpc) is 2.94. The molecule has 0 radical (unpaired) electrons. The molecular formula is C22H24F3NO4S. The van der Waals surface area contributed by atoms with Crippen molar-refractivity contribution in [2.24, 2.45) is 0 Å². The molecule has 5 nitrogen and oxygen atoms in total. The lowest BCUT2D eigenvalue weighted by Gasteiger charge is -2.24. The van der Waals surface area contributed by atoms with Crippen molar-refractivity contribution in [2.45, 2.75) is 50.2 Å². The van der Waals surface area contributed by atoms with Crippen LogP contribution in [0.15, 0.2) is 47.4 Å². The summed E-state index contributed by atoms with van der Waals surface area (Å²) >= 11 is 0. The number of rotatable bonds is 7. The number of amides is 1. The molecule has 1 amide bonds. The predicted molar refractivity (Wildman–Crippen MR) is 109 cm³/mol. The second-order valence-corrected chi connectivity index (χ2v) is 9.20. The van der Waals surface area contributed by atoms with Crippen molar-refractivity contribution in [1.29, 1.82) is 0 Å². The van der Waals surface area contributed by atoms with E-state index in [4.69, 9.17) is 4.74 Å². The third-order valence-electron chi connectivity index (χ3n) is 5.24. The summed E-state index contributed by atoms with van der Waals surface area (Å²) in [5.41, 5.74) is -0.0243. The molecule has 0 fully saturated rings. The van der Waals surface area contributed by atoms with Gasteiger partial charge in [-0.05, 0) is 55.2 Å². The Bertz CT molecular complexity index is 1050. The molecule has 3 rings (SSSR count). The lowest BCUT2D eigenvalue weighted by Crippen LogP contribution is -2.35. The number of fused-ring (bicyclic) bond motifs is 1. The third-order valence-corrected chi connectivity index (χ3v) is 7.25. The van der Waals surface area contributed by atoms with Crippen molar-refractivity contribution < 1.29 is 31.1 Å². The first kappa shape index (κ1) is 23.3. The summed E-state index contributed by atoms with van der Waals surface area (Å²) in [5.74, 6) is -0.858. The zero-order chi connectivity index (χ0) is 22.8. The highest BCUT2D eigenvalue weighted by Gasteiger charge is 2.46. The highest BCUT2D eigenvalue weighted by molar-refractivity contribution is 7.90. The molecule has 0 N–H and O–H groups in total. The first-order chi connectivity index (χ1) is 14.6. The second kappa shape index (κ2) is 9.00. The molecule has 2 aromatic rings. The number of carbonyl (C=O) groups is 1. The maximum absolute atomic E-state index is 13.3. The lowest BCUT2D eigenvalue weighted by atomic mass is 10.0. The van der Waals surface area contributed by atoms with Gasteiger partial charge < -0.3 is 4.74 Å². The predicted octanol–water partition coefficient (Wildman–Crippen LogP) is 5.11. The molecule has 168 valence electrons. The van der Waals surface area contributed by atoms with Crippen molar-refractivity contribution in [3.63, 3.8) is 0 Å². The molecular weight excluding hydrogens is 431 g/mol. The van der Waals surface area contributed by atoms with E-state index in [1.807, 2.05) is 6.92 Å². The van der Waals surface area contributed by atoms with Crippen LogP contribution in [-0.2, 0) is 20.9 Å². The van der Waals surface area contributed by atoms with Crippen molar-refractivity contribution in [1.82, 2.24) is 4.31 Å². The SMILES string of the molecule is CCCCOCCC1c2cccc(C)c2S(=O)(=O)N1C(=O)c1ccc(C(F)(F)F)cc1. The van der Waals surface area contributed by atoms with E-state index in [1.54, 1.807) is 25.1 Å². The van der Waals surface area contributed by atoms with Gasteiger partial charge in [0.05, 0.1) is 16.5 Å². The van der Waals surface area contributed by atoms with Gasteiger partial charge in [-0.15, -0.1) is 0 Å². The largest absolute Gasteiger partial charge is 0.416 e. The van der Waals surface area contributed by atoms with Crippen LogP contribution in [0.3, 0.4) is 0 Å². The van der Waals surface area contributed by atoms with Crippen LogP contribution >= 0.6 is 0 Å². The topological polar surface area (TPSA) is 63.7 Å². The summed E-state index contributed by atoms with van der Waals surface area (Å²) in [4.78, 5) is 13.3. The maximum Gasteiger partial charge on any atom is 0.416 e. The highest BCUT2D eigenvalue weighted by atomic mass is 32.2. The van der Waals surface area contributed by atoms with Crippen molar-refractivity contribution in [3.8, 4) is 0 Å². The van der Waals surface area contributed by atoms with Gasteiger partial charge in [-0.1, -0.05) is 31.5 Å². The maximum atomic E-state index is 13.3. The fourth-order valence-corrected chi connectivity index (χ4v) is 5.73. The van der Waals surface area contributed by atoms with Crippen molar-refractivity contribution >= 4 is 15.9 Å². The molecule has 2 aromatic carbocycles. The Balaban J connectivity index is 1.95. The number of aryl methyl sites for hydroxylation is 1. The summed E-state index contributed by atoms with van der Waals surface area (Å²) in [7, 11) is -4.15. The van der Waals surface area contributed by atoms with E-state index < -0.39 is 33.7 Å². The van der Waals surface area contributed by atoms with E-state index in [-0.39, 0.29) is 23.5 Å². The number of carbonyl (C=O) groups excluding carboxylic acids is 1. The van der Waals surface area contributed by atoms with Gasteiger partial charge in [0.25, 0.3) is 15.9 Å². The first-order valence-corrected chi connectivity index (χ1v) is 11.5. The smallest absolute Gasteiger partial charge is 0.381 e. The molecule has 1 unspecified atom stereocenters. The molecule has 1 aliphatic rings. The normalized spacial score (nSPS) is 17.6. The fraction of sp³-hybridized carbons (Fsp3) is 0.409. The minimum absolute atomic E-state index is 0.0776. The van der Waals surface area contributed by atoms with E-state index in [0.717, 1.165) is 41.4 Å². The van der Waals surface area contributed by atoms with Crippen LogP contribution in [0.25, 0.3) is 0 Å². The molecule has 0 saturated carbocycles. The van der Waals surface area contributed by atoms with Crippen LogP contribution in [0.5, 0.6) is 0 Å².